The summed E-state index contributed by atoms with van der Waals surface area (Å²) in [5, 5.41) is 14.4. The number of benzene rings is 2. The van der Waals surface area contributed by atoms with E-state index in [1.54, 1.807) is 42.5 Å². The molecule has 1 aliphatic carbocycles. The van der Waals surface area contributed by atoms with Crippen LogP contribution in [-0.2, 0) is 4.79 Å². The number of hydrogen-bond acceptors (Lipinski definition) is 2. The molecule has 8 heteroatoms. The van der Waals surface area contributed by atoms with Crippen LogP contribution in [0.25, 0.3) is 16.7 Å². The first-order chi connectivity index (χ1) is 14.1. The lowest BCUT2D eigenvalue weighted by Gasteiger charge is -2.38. The van der Waals surface area contributed by atoms with Gasteiger partial charge in [0.15, 0.2) is 0 Å². The highest BCUT2D eigenvalue weighted by atomic mass is 35.5. The zero-order valence-corrected chi connectivity index (χ0v) is 17.2. The Morgan fingerprint density at radius 2 is 1.73 bits per heavy atom. The molecule has 2 aliphatic rings. The summed E-state index contributed by atoms with van der Waals surface area (Å²) in [6, 6.07) is 12.1. The molecule has 2 aromatic carbocycles. The van der Waals surface area contributed by atoms with Gasteiger partial charge in [-0.1, -0.05) is 47.8 Å². The van der Waals surface area contributed by atoms with Crippen LogP contribution in [0.2, 0.25) is 10.0 Å². The molecule has 1 heterocycles. The minimum absolute atomic E-state index is 0.0173. The third-order valence-electron chi connectivity index (χ3n) is 5.90. The average molecular weight is 456 g/mol. The fourth-order valence-electron chi connectivity index (χ4n) is 4.36. The molecule has 0 bridgehead atoms. The lowest BCUT2D eigenvalue weighted by Crippen LogP contribution is -2.50. The van der Waals surface area contributed by atoms with E-state index in [4.69, 9.17) is 23.2 Å². The SMILES string of the molecule is O=C1N[C@]2(CCC[C@H](C(F)(F)F)C2)C(O)=C1c1cc(-c2ccc(Cl)cc2)ccc1Cl. The van der Waals surface area contributed by atoms with E-state index >= 15 is 0 Å². The van der Waals surface area contributed by atoms with Gasteiger partial charge in [-0.05, 0) is 54.7 Å². The van der Waals surface area contributed by atoms with Crippen molar-refractivity contribution in [2.45, 2.75) is 37.4 Å². The first kappa shape index (κ1) is 21.1. The molecule has 0 radical (unpaired) electrons. The molecular formula is C22H18Cl2F3NO2. The van der Waals surface area contributed by atoms with Crippen molar-refractivity contribution in [3.8, 4) is 11.1 Å². The molecule has 30 heavy (non-hydrogen) atoms. The van der Waals surface area contributed by atoms with Crippen molar-refractivity contribution >= 4 is 34.7 Å². The molecule has 3 nitrogen and oxygen atoms in total. The predicted molar refractivity (Wildman–Crippen MR) is 110 cm³/mol. The normalized spacial score (nSPS) is 24.4. The maximum absolute atomic E-state index is 13.3. The van der Waals surface area contributed by atoms with Crippen molar-refractivity contribution in [3.63, 3.8) is 0 Å². The number of amides is 1. The van der Waals surface area contributed by atoms with Crippen LogP contribution in [-0.4, -0.2) is 22.7 Å². The molecule has 1 saturated carbocycles. The second kappa shape index (κ2) is 7.50. The summed E-state index contributed by atoms with van der Waals surface area (Å²) < 4.78 is 39.9. The quantitative estimate of drug-likeness (QED) is 0.539. The van der Waals surface area contributed by atoms with Gasteiger partial charge >= 0.3 is 6.18 Å². The van der Waals surface area contributed by atoms with Crippen LogP contribution in [0.15, 0.2) is 48.2 Å². The maximum atomic E-state index is 13.3. The molecule has 158 valence electrons. The number of halogens is 5. The van der Waals surface area contributed by atoms with Crippen LogP contribution in [0.3, 0.4) is 0 Å². The van der Waals surface area contributed by atoms with E-state index < -0.39 is 23.5 Å². The number of carbonyl (C=O) groups excluding carboxylic acids is 1. The van der Waals surface area contributed by atoms with Crippen LogP contribution in [0.4, 0.5) is 13.2 Å². The Kier molecular flexibility index (Phi) is 5.27. The number of alkyl halides is 3. The van der Waals surface area contributed by atoms with E-state index in [2.05, 4.69) is 5.32 Å². The monoisotopic (exact) mass is 455 g/mol. The van der Waals surface area contributed by atoms with E-state index in [-0.39, 0.29) is 47.6 Å². The predicted octanol–water partition coefficient (Wildman–Crippen LogP) is 6.55. The number of nitrogens with one attached hydrogen (secondary N) is 1. The molecule has 1 fully saturated rings. The third kappa shape index (κ3) is 3.67. The van der Waals surface area contributed by atoms with Crippen LogP contribution < -0.4 is 5.32 Å². The van der Waals surface area contributed by atoms with Gasteiger partial charge in [-0.3, -0.25) is 4.79 Å². The molecule has 4 rings (SSSR count). The van der Waals surface area contributed by atoms with Crippen LogP contribution in [0.5, 0.6) is 0 Å². The summed E-state index contributed by atoms with van der Waals surface area (Å²) in [6.07, 6.45) is -4.29. The van der Waals surface area contributed by atoms with Crippen molar-refractivity contribution in [2.75, 3.05) is 0 Å². The van der Waals surface area contributed by atoms with Crippen LogP contribution in [0.1, 0.15) is 31.2 Å². The highest BCUT2D eigenvalue weighted by Crippen LogP contribution is 2.48. The molecule has 0 unspecified atom stereocenters. The fourth-order valence-corrected chi connectivity index (χ4v) is 4.70. The number of hydrogen-bond donors (Lipinski definition) is 2. The minimum atomic E-state index is -4.38. The van der Waals surface area contributed by atoms with E-state index in [0.29, 0.717) is 5.02 Å². The maximum Gasteiger partial charge on any atom is 0.391 e. The van der Waals surface area contributed by atoms with Gasteiger partial charge in [-0.25, -0.2) is 0 Å². The second-order valence-electron chi connectivity index (χ2n) is 7.80. The van der Waals surface area contributed by atoms with Gasteiger partial charge in [0.05, 0.1) is 17.0 Å². The Morgan fingerprint density at radius 3 is 2.40 bits per heavy atom. The lowest BCUT2D eigenvalue weighted by atomic mass is 9.74. The first-order valence-corrected chi connectivity index (χ1v) is 10.3. The molecule has 0 saturated heterocycles. The Balaban J connectivity index is 1.77. The Morgan fingerprint density at radius 1 is 1.07 bits per heavy atom. The topological polar surface area (TPSA) is 49.3 Å². The van der Waals surface area contributed by atoms with Gasteiger partial charge in [0, 0.05) is 15.6 Å². The summed E-state index contributed by atoms with van der Waals surface area (Å²) in [5.41, 5.74) is 0.353. The standard InChI is InChI=1S/C22H18Cl2F3NO2/c23-15-6-3-12(4-7-15)13-5-8-17(24)16(10-13)18-19(29)21(28-20(18)30)9-1-2-14(11-21)22(25,26)27/h3-8,10,14,29H,1-2,9,11H2,(H,28,30)/t14-,21-/m0/s1. The molecule has 0 aromatic heterocycles. The molecule has 2 atom stereocenters. The zero-order chi connectivity index (χ0) is 21.7. The minimum Gasteiger partial charge on any atom is -0.509 e. The number of aliphatic hydroxyl groups is 1. The van der Waals surface area contributed by atoms with Gasteiger partial charge < -0.3 is 10.4 Å². The van der Waals surface area contributed by atoms with E-state index in [9.17, 15) is 23.1 Å². The zero-order valence-electron chi connectivity index (χ0n) is 15.7. The average Bonchev–Trinajstić information content (AvgIpc) is 2.92. The van der Waals surface area contributed by atoms with Gasteiger partial charge in [0.25, 0.3) is 5.91 Å². The lowest BCUT2D eigenvalue weighted by molar-refractivity contribution is -0.187. The Bertz CT molecular complexity index is 1030. The largest absolute Gasteiger partial charge is 0.509 e. The third-order valence-corrected chi connectivity index (χ3v) is 6.48. The summed E-state index contributed by atoms with van der Waals surface area (Å²) >= 11 is 12.3. The van der Waals surface area contributed by atoms with E-state index in [1.165, 1.54) is 0 Å². The van der Waals surface area contributed by atoms with Gasteiger partial charge in [-0.15, -0.1) is 0 Å². The van der Waals surface area contributed by atoms with Crippen LogP contribution >= 0.6 is 23.2 Å². The van der Waals surface area contributed by atoms with Gasteiger partial charge in [0.1, 0.15) is 5.76 Å². The van der Waals surface area contributed by atoms with Crippen molar-refractivity contribution in [1.29, 1.82) is 0 Å². The van der Waals surface area contributed by atoms with E-state index in [1.807, 2.05) is 0 Å². The van der Waals surface area contributed by atoms with E-state index in [0.717, 1.165) is 11.1 Å². The van der Waals surface area contributed by atoms with Crippen molar-refractivity contribution in [1.82, 2.24) is 5.32 Å². The molecule has 2 N–H and O–H groups in total. The van der Waals surface area contributed by atoms with Crippen molar-refractivity contribution in [2.24, 2.45) is 5.92 Å². The molecular weight excluding hydrogens is 438 g/mol. The molecule has 1 aliphatic heterocycles. The number of carbonyl (C=O) groups is 1. The van der Waals surface area contributed by atoms with Gasteiger partial charge in [-0.2, -0.15) is 13.2 Å². The smallest absolute Gasteiger partial charge is 0.391 e. The summed E-state index contributed by atoms with van der Waals surface area (Å²) in [5.74, 6) is -2.56. The summed E-state index contributed by atoms with van der Waals surface area (Å²) in [6.45, 7) is 0. The number of aliphatic hydroxyl groups excluding tert-OH is 1. The summed E-state index contributed by atoms with van der Waals surface area (Å²) in [4.78, 5) is 12.8. The second-order valence-corrected chi connectivity index (χ2v) is 8.64. The molecule has 1 spiro atoms. The highest BCUT2D eigenvalue weighted by molar-refractivity contribution is 6.36. The Labute approximate surface area is 181 Å². The molecule has 1 amide bonds. The summed E-state index contributed by atoms with van der Waals surface area (Å²) in [7, 11) is 0. The highest BCUT2D eigenvalue weighted by Gasteiger charge is 2.54. The first-order valence-electron chi connectivity index (χ1n) is 9.49. The van der Waals surface area contributed by atoms with Crippen LogP contribution in [0, 0.1) is 5.92 Å². The fraction of sp³-hybridized carbons (Fsp3) is 0.318. The molecule has 2 aromatic rings. The number of rotatable bonds is 2. The van der Waals surface area contributed by atoms with Crippen molar-refractivity contribution < 1.29 is 23.1 Å². The van der Waals surface area contributed by atoms with Crippen molar-refractivity contribution in [3.05, 3.63) is 63.8 Å². The van der Waals surface area contributed by atoms with Gasteiger partial charge in [0.2, 0.25) is 0 Å². The Hall–Kier alpha value is -2.18.